The Bertz CT molecular complexity index is 1630. The van der Waals surface area contributed by atoms with Gasteiger partial charge in [-0.25, -0.2) is 23.4 Å². The van der Waals surface area contributed by atoms with Crippen LogP contribution in [-0.2, 0) is 26.1 Å². The Labute approximate surface area is 278 Å². The lowest BCUT2D eigenvalue weighted by Crippen LogP contribution is -2.43. The first-order valence-electron chi connectivity index (χ1n) is 16.3. The van der Waals surface area contributed by atoms with E-state index in [9.17, 15) is 13.7 Å². The standard InChI is InChI=1S/C34H46N8O4S/c1-24-19-36-33(18-29(24)30-7-5-8-31(41-30)37-23-34(22-35)14-16-45-17-15-34)39-27-12-10-26(11-13-27)38-25(2)20-46-21-28-6-4-9-32(40-28)42-47(3,43)44/h4-9,18-19,25-27,38H,10-17,20-21,23H2,1-3H3,(H,36,39)(H,37,41)(H,40,42)/t25-,26-,27-/m0/s1. The van der Waals surface area contributed by atoms with Crippen LogP contribution in [-0.4, -0.2) is 74.1 Å². The van der Waals surface area contributed by atoms with Gasteiger partial charge in [-0.05, 0) is 88.3 Å². The molecule has 4 N–H and O–H groups in total. The summed E-state index contributed by atoms with van der Waals surface area (Å²) in [5.74, 6) is 1.89. The summed E-state index contributed by atoms with van der Waals surface area (Å²) in [4.78, 5) is 13.9. The summed E-state index contributed by atoms with van der Waals surface area (Å²) < 4.78 is 36.7. The lowest BCUT2D eigenvalue weighted by atomic mass is 9.82. The number of nitrogens with one attached hydrogen (secondary N) is 4. The van der Waals surface area contributed by atoms with Gasteiger partial charge in [-0.2, -0.15) is 5.26 Å². The highest BCUT2D eigenvalue weighted by molar-refractivity contribution is 7.92. The van der Waals surface area contributed by atoms with Gasteiger partial charge in [0.15, 0.2) is 0 Å². The maximum atomic E-state index is 11.5. The third-order valence-corrected chi connectivity index (χ3v) is 9.32. The van der Waals surface area contributed by atoms with Gasteiger partial charge in [0, 0.05) is 49.6 Å². The van der Waals surface area contributed by atoms with Crippen molar-refractivity contribution >= 4 is 27.5 Å². The number of nitriles is 1. The quantitative estimate of drug-likeness (QED) is 0.186. The lowest BCUT2D eigenvalue weighted by Gasteiger charge is -2.32. The number of aryl methyl sites for hydroxylation is 1. The van der Waals surface area contributed by atoms with Gasteiger partial charge < -0.3 is 25.4 Å². The van der Waals surface area contributed by atoms with Crippen molar-refractivity contribution in [3.05, 3.63) is 59.9 Å². The minimum absolute atomic E-state index is 0.169. The number of sulfonamides is 1. The van der Waals surface area contributed by atoms with Gasteiger partial charge in [0.05, 0.1) is 42.3 Å². The maximum absolute atomic E-state index is 11.5. The van der Waals surface area contributed by atoms with Crippen molar-refractivity contribution < 1.29 is 17.9 Å². The molecule has 3 aromatic heterocycles. The topological polar surface area (TPSA) is 163 Å². The highest BCUT2D eigenvalue weighted by Crippen LogP contribution is 2.31. The first-order valence-corrected chi connectivity index (χ1v) is 18.2. The van der Waals surface area contributed by atoms with Gasteiger partial charge in [0.2, 0.25) is 10.0 Å². The van der Waals surface area contributed by atoms with Crippen molar-refractivity contribution in [2.75, 3.05) is 48.0 Å². The summed E-state index contributed by atoms with van der Waals surface area (Å²) in [6.07, 6.45) is 8.61. The molecule has 1 aliphatic carbocycles. The molecule has 3 aromatic rings. The van der Waals surface area contributed by atoms with Crippen LogP contribution in [0.5, 0.6) is 0 Å². The van der Waals surface area contributed by atoms with Gasteiger partial charge in [0.25, 0.3) is 0 Å². The summed E-state index contributed by atoms with van der Waals surface area (Å²) in [5.41, 5.74) is 3.20. The number of nitrogens with zero attached hydrogens (tertiary/aromatic N) is 4. The molecular formula is C34H46N8O4S. The zero-order chi connectivity index (χ0) is 33.3. The normalized spacial score (nSPS) is 20.1. The Balaban J connectivity index is 1.07. The first kappa shape index (κ1) is 34.5. The third-order valence-electron chi connectivity index (χ3n) is 8.74. The zero-order valence-electron chi connectivity index (χ0n) is 27.5. The average Bonchev–Trinajstić information content (AvgIpc) is 3.05. The van der Waals surface area contributed by atoms with Crippen LogP contribution >= 0.6 is 0 Å². The van der Waals surface area contributed by atoms with Crippen LogP contribution in [0.25, 0.3) is 11.3 Å². The molecule has 1 atom stereocenters. The second-order valence-corrected chi connectivity index (χ2v) is 14.6. The van der Waals surface area contributed by atoms with Crippen LogP contribution < -0.4 is 20.7 Å². The molecular weight excluding hydrogens is 616 g/mol. The minimum atomic E-state index is -3.38. The second-order valence-electron chi connectivity index (χ2n) is 12.8. The van der Waals surface area contributed by atoms with Gasteiger partial charge in [-0.15, -0.1) is 0 Å². The van der Waals surface area contributed by atoms with E-state index < -0.39 is 15.4 Å². The summed E-state index contributed by atoms with van der Waals surface area (Å²) in [5, 5.41) is 20.6. The van der Waals surface area contributed by atoms with E-state index >= 15 is 0 Å². The Morgan fingerprint density at radius 3 is 2.51 bits per heavy atom. The first-order chi connectivity index (χ1) is 22.6. The van der Waals surface area contributed by atoms with E-state index in [-0.39, 0.29) is 11.9 Å². The molecule has 1 saturated carbocycles. The van der Waals surface area contributed by atoms with Crippen LogP contribution in [0.1, 0.15) is 56.7 Å². The van der Waals surface area contributed by atoms with E-state index in [4.69, 9.17) is 14.5 Å². The van der Waals surface area contributed by atoms with Crippen molar-refractivity contribution in [2.24, 2.45) is 5.41 Å². The van der Waals surface area contributed by atoms with Gasteiger partial charge in [-0.3, -0.25) is 4.72 Å². The monoisotopic (exact) mass is 662 g/mol. The Hall–Kier alpha value is -3.83. The maximum Gasteiger partial charge on any atom is 0.230 e. The highest BCUT2D eigenvalue weighted by Gasteiger charge is 2.32. The fourth-order valence-electron chi connectivity index (χ4n) is 6.12. The van der Waals surface area contributed by atoms with Crippen molar-refractivity contribution in [1.29, 1.82) is 5.26 Å². The van der Waals surface area contributed by atoms with Gasteiger partial charge in [-0.1, -0.05) is 12.1 Å². The molecule has 47 heavy (non-hydrogen) atoms. The molecule has 0 aromatic carbocycles. The molecule has 0 bridgehead atoms. The molecule has 0 spiro atoms. The van der Waals surface area contributed by atoms with Crippen LogP contribution in [0.4, 0.5) is 17.5 Å². The van der Waals surface area contributed by atoms with Crippen molar-refractivity contribution in [1.82, 2.24) is 20.3 Å². The Kier molecular flexibility index (Phi) is 11.6. The Morgan fingerprint density at radius 1 is 1.04 bits per heavy atom. The molecule has 0 amide bonds. The van der Waals surface area contributed by atoms with Crippen LogP contribution in [0, 0.1) is 23.7 Å². The predicted octanol–water partition coefficient (Wildman–Crippen LogP) is 4.87. The Morgan fingerprint density at radius 2 is 1.77 bits per heavy atom. The number of pyridine rings is 3. The molecule has 13 heteroatoms. The van der Waals surface area contributed by atoms with Crippen molar-refractivity contribution in [3.8, 4) is 17.3 Å². The summed E-state index contributed by atoms with van der Waals surface area (Å²) in [6.45, 7) is 6.78. The van der Waals surface area contributed by atoms with E-state index in [1.54, 1.807) is 12.1 Å². The lowest BCUT2D eigenvalue weighted by molar-refractivity contribution is 0.0455. The number of rotatable bonds is 14. The number of hydrogen-bond acceptors (Lipinski definition) is 11. The predicted molar refractivity (Wildman–Crippen MR) is 183 cm³/mol. The fraction of sp³-hybridized carbons (Fsp3) is 0.529. The van der Waals surface area contributed by atoms with Gasteiger partial charge in [0.1, 0.15) is 17.5 Å². The molecule has 1 saturated heterocycles. The summed E-state index contributed by atoms with van der Waals surface area (Å²) >= 11 is 0. The molecule has 1 aliphatic heterocycles. The van der Waals surface area contributed by atoms with Crippen molar-refractivity contribution in [2.45, 2.75) is 77.1 Å². The number of ether oxygens (including phenoxy) is 2. The van der Waals surface area contributed by atoms with E-state index in [2.05, 4.69) is 49.7 Å². The highest BCUT2D eigenvalue weighted by atomic mass is 32.2. The molecule has 12 nitrogen and oxygen atoms in total. The van der Waals surface area contributed by atoms with Gasteiger partial charge >= 0.3 is 0 Å². The smallest absolute Gasteiger partial charge is 0.230 e. The number of hydrogen-bond donors (Lipinski definition) is 4. The molecule has 5 rings (SSSR count). The zero-order valence-corrected chi connectivity index (χ0v) is 28.3. The van der Waals surface area contributed by atoms with E-state index in [1.165, 1.54) is 0 Å². The van der Waals surface area contributed by atoms with E-state index in [0.29, 0.717) is 50.7 Å². The van der Waals surface area contributed by atoms with E-state index in [1.807, 2.05) is 37.4 Å². The number of anilines is 3. The summed E-state index contributed by atoms with van der Waals surface area (Å²) in [6, 6.07) is 16.7. The SMILES string of the molecule is Cc1cnc(N[C@H]2CC[C@H](N[C@@H](C)COCc3cccc(NS(C)(=O)=O)n3)CC2)cc1-c1cccc(NCC2(C#N)CCOCC2)n1. The fourth-order valence-corrected chi connectivity index (χ4v) is 6.62. The van der Waals surface area contributed by atoms with Crippen LogP contribution in [0.2, 0.25) is 0 Å². The van der Waals surface area contributed by atoms with Crippen LogP contribution in [0.3, 0.4) is 0 Å². The molecule has 4 heterocycles. The molecule has 0 unspecified atom stereocenters. The van der Waals surface area contributed by atoms with Crippen molar-refractivity contribution in [3.63, 3.8) is 0 Å². The van der Waals surface area contributed by atoms with E-state index in [0.717, 1.165) is 73.2 Å². The number of aromatic nitrogens is 3. The minimum Gasteiger partial charge on any atom is -0.381 e. The molecule has 252 valence electrons. The average molecular weight is 663 g/mol. The molecule has 2 aliphatic rings. The summed E-state index contributed by atoms with van der Waals surface area (Å²) in [7, 11) is -3.38. The largest absolute Gasteiger partial charge is 0.381 e. The second kappa shape index (κ2) is 15.8. The molecule has 0 radical (unpaired) electrons. The third kappa shape index (κ3) is 10.3. The molecule has 2 fully saturated rings. The van der Waals surface area contributed by atoms with Crippen LogP contribution in [0.15, 0.2) is 48.7 Å².